The molecule has 2 heterocycles. The van der Waals surface area contributed by atoms with Crippen LogP contribution in [0.3, 0.4) is 0 Å². The molecule has 0 spiro atoms. The van der Waals surface area contributed by atoms with Crippen molar-refractivity contribution in [3.8, 4) is 28.6 Å². The van der Waals surface area contributed by atoms with Crippen LogP contribution < -0.4 is 5.73 Å². The summed E-state index contributed by atoms with van der Waals surface area (Å²) in [5, 5.41) is 9.34. The van der Waals surface area contributed by atoms with Gasteiger partial charge in [-0.25, -0.2) is 4.98 Å². The second-order valence-electron chi connectivity index (χ2n) is 4.51. The Bertz CT molecular complexity index is 805. The lowest BCUT2D eigenvalue weighted by Crippen LogP contribution is -2.00. The van der Waals surface area contributed by atoms with Crippen LogP contribution in [-0.4, -0.2) is 9.97 Å². The van der Waals surface area contributed by atoms with Gasteiger partial charge in [0, 0.05) is 11.8 Å². The summed E-state index contributed by atoms with van der Waals surface area (Å²) >= 11 is 0. The fraction of sp³-hybridized carbons (Fsp3) is 0. The molecule has 2 N–H and O–H groups in total. The molecule has 0 fully saturated rings. The van der Waals surface area contributed by atoms with E-state index in [2.05, 4.69) is 16.0 Å². The number of anilines is 1. The Morgan fingerprint density at radius 1 is 0.952 bits per heavy atom. The van der Waals surface area contributed by atoms with Crippen LogP contribution in [0.25, 0.3) is 22.5 Å². The van der Waals surface area contributed by atoms with E-state index in [1.807, 2.05) is 54.6 Å². The van der Waals surface area contributed by atoms with Crippen LogP contribution in [0.2, 0.25) is 0 Å². The fourth-order valence-electron chi connectivity index (χ4n) is 2.17. The zero-order chi connectivity index (χ0) is 14.7. The summed E-state index contributed by atoms with van der Waals surface area (Å²) in [6.45, 7) is 0. The Morgan fingerprint density at radius 2 is 1.71 bits per heavy atom. The summed E-state index contributed by atoms with van der Waals surface area (Å²) in [5.41, 5.74) is 9.42. The lowest BCUT2D eigenvalue weighted by molar-refractivity contribution is 1.24. The Balaban J connectivity index is 2.24. The quantitative estimate of drug-likeness (QED) is 0.776. The largest absolute Gasteiger partial charge is 0.383 e. The van der Waals surface area contributed by atoms with Gasteiger partial charge in [-0.1, -0.05) is 36.4 Å². The van der Waals surface area contributed by atoms with Gasteiger partial charge in [-0.3, -0.25) is 4.98 Å². The van der Waals surface area contributed by atoms with Gasteiger partial charge >= 0.3 is 0 Å². The van der Waals surface area contributed by atoms with Gasteiger partial charge in [0.15, 0.2) is 0 Å². The molecule has 3 aromatic rings. The van der Waals surface area contributed by atoms with E-state index in [1.165, 1.54) is 0 Å². The number of nitrogens with zero attached hydrogens (tertiary/aromatic N) is 3. The predicted octanol–water partition coefficient (Wildman–Crippen LogP) is 3.26. The first kappa shape index (κ1) is 12.8. The average molecular weight is 272 g/mol. The van der Waals surface area contributed by atoms with Crippen LogP contribution in [0.4, 0.5) is 5.82 Å². The molecule has 0 saturated heterocycles. The van der Waals surface area contributed by atoms with Crippen LogP contribution >= 0.6 is 0 Å². The van der Waals surface area contributed by atoms with Crippen LogP contribution in [0.5, 0.6) is 0 Å². The third-order valence-corrected chi connectivity index (χ3v) is 3.17. The summed E-state index contributed by atoms with van der Waals surface area (Å²) in [5.74, 6) is 0.222. The first-order valence-electron chi connectivity index (χ1n) is 6.47. The first-order chi connectivity index (χ1) is 10.3. The Kier molecular flexibility index (Phi) is 3.32. The molecule has 0 radical (unpaired) electrons. The fourth-order valence-corrected chi connectivity index (χ4v) is 2.17. The minimum absolute atomic E-state index is 0.222. The molecule has 4 heteroatoms. The van der Waals surface area contributed by atoms with Crippen LogP contribution in [0, 0.1) is 11.3 Å². The van der Waals surface area contributed by atoms with Gasteiger partial charge in [0.1, 0.15) is 17.5 Å². The minimum Gasteiger partial charge on any atom is -0.383 e. The number of benzene rings is 1. The maximum atomic E-state index is 9.34. The standard InChI is InChI=1S/C17H12N4/c18-11-14-13(12-6-2-1-3-7-12)10-16(21-17(14)19)15-8-4-5-9-20-15/h1-10H,(H2,19,21). The van der Waals surface area contributed by atoms with Crippen molar-refractivity contribution in [2.24, 2.45) is 0 Å². The zero-order valence-corrected chi connectivity index (χ0v) is 11.2. The van der Waals surface area contributed by atoms with Crippen molar-refractivity contribution < 1.29 is 0 Å². The van der Waals surface area contributed by atoms with Gasteiger partial charge in [0.2, 0.25) is 0 Å². The molecule has 4 nitrogen and oxygen atoms in total. The molecule has 3 rings (SSSR count). The van der Waals surface area contributed by atoms with Crippen molar-refractivity contribution in [1.29, 1.82) is 5.26 Å². The molecular weight excluding hydrogens is 260 g/mol. The normalized spacial score (nSPS) is 10.0. The van der Waals surface area contributed by atoms with E-state index in [0.717, 1.165) is 16.8 Å². The average Bonchev–Trinajstić information content (AvgIpc) is 2.55. The van der Waals surface area contributed by atoms with E-state index >= 15 is 0 Å². The van der Waals surface area contributed by atoms with Gasteiger partial charge in [-0.2, -0.15) is 5.26 Å². The van der Waals surface area contributed by atoms with E-state index in [0.29, 0.717) is 11.3 Å². The monoisotopic (exact) mass is 272 g/mol. The molecule has 0 aliphatic carbocycles. The van der Waals surface area contributed by atoms with Crippen molar-refractivity contribution in [1.82, 2.24) is 9.97 Å². The molecular formula is C17H12N4. The molecule has 0 amide bonds. The minimum atomic E-state index is 0.222. The van der Waals surface area contributed by atoms with Gasteiger partial charge in [0.05, 0.1) is 11.4 Å². The van der Waals surface area contributed by atoms with Crippen molar-refractivity contribution >= 4 is 5.82 Å². The highest BCUT2D eigenvalue weighted by molar-refractivity contribution is 5.79. The topological polar surface area (TPSA) is 75.6 Å². The number of hydrogen-bond donors (Lipinski definition) is 1. The van der Waals surface area contributed by atoms with Crippen LogP contribution in [0.1, 0.15) is 5.56 Å². The zero-order valence-electron chi connectivity index (χ0n) is 11.2. The predicted molar refractivity (Wildman–Crippen MR) is 82.0 cm³/mol. The molecule has 21 heavy (non-hydrogen) atoms. The molecule has 0 aliphatic heterocycles. The summed E-state index contributed by atoms with van der Waals surface area (Å²) in [4.78, 5) is 8.57. The molecule has 1 aromatic carbocycles. The lowest BCUT2D eigenvalue weighted by Gasteiger charge is -2.09. The van der Waals surface area contributed by atoms with Crippen LogP contribution in [-0.2, 0) is 0 Å². The molecule has 0 bridgehead atoms. The van der Waals surface area contributed by atoms with Crippen molar-refractivity contribution in [3.63, 3.8) is 0 Å². The number of nitrogens with two attached hydrogens (primary N) is 1. The van der Waals surface area contributed by atoms with E-state index < -0.39 is 0 Å². The molecule has 2 aromatic heterocycles. The number of hydrogen-bond acceptors (Lipinski definition) is 4. The maximum Gasteiger partial charge on any atom is 0.142 e. The molecule has 0 aliphatic rings. The second-order valence-corrected chi connectivity index (χ2v) is 4.51. The Morgan fingerprint density at radius 3 is 2.38 bits per heavy atom. The highest BCUT2D eigenvalue weighted by Crippen LogP contribution is 2.30. The van der Waals surface area contributed by atoms with Crippen molar-refractivity contribution in [2.45, 2.75) is 0 Å². The third-order valence-electron chi connectivity index (χ3n) is 3.17. The Labute approximate surface area is 122 Å². The second kappa shape index (κ2) is 5.43. The number of rotatable bonds is 2. The first-order valence-corrected chi connectivity index (χ1v) is 6.47. The number of nitriles is 1. The molecule has 0 unspecified atom stereocenters. The highest BCUT2D eigenvalue weighted by Gasteiger charge is 2.13. The van der Waals surface area contributed by atoms with Gasteiger partial charge in [-0.05, 0) is 23.8 Å². The number of nitrogen functional groups attached to an aromatic ring is 1. The smallest absolute Gasteiger partial charge is 0.142 e. The summed E-state index contributed by atoms with van der Waals surface area (Å²) in [6.07, 6.45) is 1.70. The molecule has 0 saturated carbocycles. The van der Waals surface area contributed by atoms with Crippen molar-refractivity contribution in [2.75, 3.05) is 5.73 Å². The molecule has 100 valence electrons. The highest BCUT2D eigenvalue weighted by atomic mass is 14.9. The lowest BCUT2D eigenvalue weighted by atomic mass is 9.99. The summed E-state index contributed by atoms with van der Waals surface area (Å²) in [6, 6.07) is 19.2. The summed E-state index contributed by atoms with van der Waals surface area (Å²) < 4.78 is 0. The van der Waals surface area contributed by atoms with Crippen LogP contribution in [0.15, 0.2) is 60.8 Å². The van der Waals surface area contributed by atoms with Gasteiger partial charge in [0.25, 0.3) is 0 Å². The number of aromatic nitrogens is 2. The van der Waals surface area contributed by atoms with Gasteiger partial charge in [-0.15, -0.1) is 0 Å². The van der Waals surface area contributed by atoms with E-state index in [9.17, 15) is 5.26 Å². The van der Waals surface area contributed by atoms with E-state index in [1.54, 1.807) is 6.20 Å². The maximum absolute atomic E-state index is 9.34. The van der Waals surface area contributed by atoms with E-state index in [-0.39, 0.29) is 5.82 Å². The van der Waals surface area contributed by atoms with E-state index in [4.69, 9.17) is 5.73 Å². The summed E-state index contributed by atoms with van der Waals surface area (Å²) in [7, 11) is 0. The number of pyridine rings is 2. The van der Waals surface area contributed by atoms with Gasteiger partial charge < -0.3 is 5.73 Å². The SMILES string of the molecule is N#Cc1c(-c2ccccc2)cc(-c2ccccn2)nc1N. The molecule has 0 atom stereocenters. The third kappa shape index (κ3) is 2.45. The Hall–Kier alpha value is -3.19. The van der Waals surface area contributed by atoms with Crippen molar-refractivity contribution in [3.05, 3.63) is 66.4 Å².